The van der Waals surface area contributed by atoms with E-state index in [0.717, 1.165) is 38.5 Å². The normalized spacial score (nSPS) is 21.5. The summed E-state index contributed by atoms with van der Waals surface area (Å²) < 4.78 is 9.52. The maximum atomic E-state index is 13.4. The molecule has 1 aliphatic carbocycles. The zero-order valence-electron chi connectivity index (χ0n) is 21.9. The minimum absolute atomic E-state index is 0.0157. The number of allylic oxidation sites excluding steroid dienone is 1. The molecule has 2 N–H and O–H groups in total. The summed E-state index contributed by atoms with van der Waals surface area (Å²) in [5.74, 6) is -0.0825. The first kappa shape index (κ1) is 30.8. The molecule has 0 spiro atoms. The van der Waals surface area contributed by atoms with Crippen molar-refractivity contribution in [2.24, 2.45) is 5.92 Å². The van der Waals surface area contributed by atoms with Crippen LogP contribution in [0.3, 0.4) is 0 Å². The number of hydrogen-bond donors (Lipinski definition) is 2. The average molecular weight is 569 g/mol. The van der Waals surface area contributed by atoms with Crippen molar-refractivity contribution in [3.8, 4) is 0 Å². The van der Waals surface area contributed by atoms with Crippen LogP contribution in [0.2, 0.25) is 0 Å². The van der Waals surface area contributed by atoms with Crippen molar-refractivity contribution in [2.45, 2.75) is 107 Å². The van der Waals surface area contributed by atoms with E-state index >= 15 is 0 Å². The summed E-state index contributed by atoms with van der Waals surface area (Å²) in [6.45, 7) is 9.15. The number of rotatable bonds is 8. The molecule has 2 rings (SSSR count). The largest absolute Gasteiger partial charge is 0.492 e. The summed E-state index contributed by atoms with van der Waals surface area (Å²) in [5, 5.41) is 5.59. The molecule has 0 bridgehead atoms. The van der Waals surface area contributed by atoms with Gasteiger partial charge in [-0.15, -0.1) is 0 Å². The number of nitrogens with one attached hydrogen (secondary N) is 2. The average Bonchev–Trinajstić information content (AvgIpc) is 3.25. The molecule has 0 aromatic rings. The van der Waals surface area contributed by atoms with E-state index < -0.39 is 27.6 Å². The molecule has 0 radical (unpaired) electrons. The van der Waals surface area contributed by atoms with E-state index in [1.165, 1.54) is 0 Å². The van der Waals surface area contributed by atoms with Gasteiger partial charge in [0, 0.05) is 6.54 Å². The Morgan fingerprint density at radius 2 is 1.67 bits per heavy atom. The lowest BCUT2D eigenvalue weighted by Gasteiger charge is -2.33. The van der Waals surface area contributed by atoms with E-state index in [9.17, 15) is 14.4 Å². The summed E-state index contributed by atoms with van der Waals surface area (Å²) in [6.07, 6.45) is 7.37. The SMILES string of the molecule is CC=C(OCC(Cl)(Cl)Cl)C1CCCN1C(=O)C(C)NC(=O)C(NC(=O)OC(C)(C)C)C1CCCCC1. The van der Waals surface area contributed by atoms with Gasteiger partial charge in [-0.3, -0.25) is 9.59 Å². The van der Waals surface area contributed by atoms with Gasteiger partial charge >= 0.3 is 6.09 Å². The Kier molecular flexibility index (Phi) is 11.5. The molecule has 3 atom stereocenters. The van der Waals surface area contributed by atoms with Crippen LogP contribution in [0.25, 0.3) is 0 Å². The first-order chi connectivity index (χ1) is 16.7. The molecule has 36 heavy (non-hydrogen) atoms. The van der Waals surface area contributed by atoms with Crippen molar-refractivity contribution < 1.29 is 23.9 Å². The molecular formula is C25H40Cl3N3O5. The number of ether oxygens (including phenoxy) is 2. The van der Waals surface area contributed by atoms with Crippen molar-refractivity contribution in [1.82, 2.24) is 15.5 Å². The van der Waals surface area contributed by atoms with Crippen LogP contribution < -0.4 is 10.6 Å². The number of alkyl carbamates (subject to hydrolysis) is 1. The maximum absolute atomic E-state index is 13.4. The first-order valence-corrected chi connectivity index (χ1v) is 13.8. The minimum atomic E-state index is -1.57. The van der Waals surface area contributed by atoms with Gasteiger partial charge in [0.1, 0.15) is 30.1 Å². The monoisotopic (exact) mass is 567 g/mol. The van der Waals surface area contributed by atoms with E-state index in [0.29, 0.717) is 18.7 Å². The number of carbonyl (C=O) groups is 3. The van der Waals surface area contributed by atoms with Crippen LogP contribution in [-0.4, -0.2) is 63.5 Å². The summed E-state index contributed by atoms with van der Waals surface area (Å²) in [4.78, 5) is 40.9. The lowest BCUT2D eigenvalue weighted by molar-refractivity contribution is -0.137. The molecule has 1 heterocycles. The maximum Gasteiger partial charge on any atom is 0.408 e. The molecule has 3 amide bonds. The van der Waals surface area contributed by atoms with E-state index in [4.69, 9.17) is 44.3 Å². The molecule has 2 aliphatic rings. The lowest BCUT2D eigenvalue weighted by atomic mass is 9.83. The molecular weight excluding hydrogens is 529 g/mol. The van der Waals surface area contributed by atoms with Gasteiger partial charge in [0.15, 0.2) is 0 Å². The van der Waals surface area contributed by atoms with Gasteiger partial charge in [-0.1, -0.05) is 54.1 Å². The van der Waals surface area contributed by atoms with Crippen LogP contribution in [0.1, 0.15) is 79.6 Å². The first-order valence-electron chi connectivity index (χ1n) is 12.7. The zero-order chi connectivity index (χ0) is 27.1. The Labute approximate surface area is 229 Å². The highest BCUT2D eigenvalue weighted by atomic mass is 35.6. The van der Waals surface area contributed by atoms with Crippen molar-refractivity contribution in [3.05, 3.63) is 11.8 Å². The van der Waals surface area contributed by atoms with Gasteiger partial charge in [-0.2, -0.15) is 0 Å². The van der Waals surface area contributed by atoms with E-state index in [1.807, 2.05) is 0 Å². The minimum Gasteiger partial charge on any atom is -0.492 e. The highest BCUT2D eigenvalue weighted by Gasteiger charge is 2.38. The Morgan fingerprint density at radius 3 is 2.22 bits per heavy atom. The number of likely N-dealkylation sites (tertiary alicyclic amines) is 1. The van der Waals surface area contributed by atoms with Gasteiger partial charge in [-0.25, -0.2) is 4.79 Å². The highest BCUT2D eigenvalue weighted by molar-refractivity contribution is 6.67. The predicted molar refractivity (Wildman–Crippen MR) is 142 cm³/mol. The van der Waals surface area contributed by atoms with Crippen molar-refractivity contribution in [2.75, 3.05) is 13.2 Å². The molecule has 0 aromatic heterocycles. The van der Waals surface area contributed by atoms with Gasteiger partial charge < -0.3 is 25.0 Å². The Morgan fingerprint density at radius 1 is 1.03 bits per heavy atom. The van der Waals surface area contributed by atoms with Crippen molar-refractivity contribution >= 4 is 52.7 Å². The van der Waals surface area contributed by atoms with Crippen LogP contribution in [0.15, 0.2) is 11.8 Å². The summed E-state index contributed by atoms with van der Waals surface area (Å²) in [5.41, 5.74) is -0.686. The second-order valence-electron chi connectivity index (χ2n) is 10.5. The number of carbonyl (C=O) groups excluding carboxylic acids is 3. The standard InChI is InChI=1S/C25H40Cl3N3O5/c1-6-19(35-15-25(26,27)28)18-13-10-14-31(18)22(33)16(2)29-21(32)20(17-11-8-7-9-12-17)30-23(34)36-24(3,4)5/h6,16-18,20H,7-15H2,1-5H3,(H,29,32)(H,30,34). The fourth-order valence-corrected chi connectivity index (χ4v) is 4.94. The molecule has 0 aromatic carbocycles. The number of hydrogen-bond acceptors (Lipinski definition) is 5. The molecule has 206 valence electrons. The summed E-state index contributed by atoms with van der Waals surface area (Å²) in [7, 11) is 0. The highest BCUT2D eigenvalue weighted by Crippen LogP contribution is 2.31. The third-order valence-electron chi connectivity index (χ3n) is 6.36. The van der Waals surface area contributed by atoms with Gasteiger partial charge in [0.05, 0.1) is 6.04 Å². The van der Waals surface area contributed by atoms with E-state index in [-0.39, 0.29) is 30.4 Å². The number of halogens is 3. The van der Waals surface area contributed by atoms with Gasteiger partial charge in [-0.05, 0) is 72.3 Å². The van der Waals surface area contributed by atoms with Crippen LogP contribution >= 0.6 is 34.8 Å². The summed E-state index contributed by atoms with van der Waals surface area (Å²) >= 11 is 17.5. The lowest BCUT2D eigenvalue weighted by Crippen LogP contribution is -2.57. The Bertz CT molecular complexity index is 804. The number of nitrogens with zero attached hydrogens (tertiary/aromatic N) is 1. The third kappa shape index (κ3) is 9.82. The fraction of sp³-hybridized carbons (Fsp3) is 0.800. The third-order valence-corrected chi connectivity index (χ3v) is 6.68. The van der Waals surface area contributed by atoms with E-state index in [1.54, 1.807) is 45.6 Å². The zero-order valence-corrected chi connectivity index (χ0v) is 24.1. The molecule has 1 aliphatic heterocycles. The topological polar surface area (TPSA) is 97.0 Å². The Hall–Kier alpha value is -1.38. The van der Waals surface area contributed by atoms with Crippen LogP contribution in [0, 0.1) is 5.92 Å². The van der Waals surface area contributed by atoms with Crippen molar-refractivity contribution in [3.63, 3.8) is 0 Å². The fourth-order valence-electron chi connectivity index (χ4n) is 4.78. The van der Waals surface area contributed by atoms with Crippen molar-refractivity contribution in [1.29, 1.82) is 0 Å². The smallest absolute Gasteiger partial charge is 0.408 e. The van der Waals surface area contributed by atoms with Crippen LogP contribution in [0.5, 0.6) is 0 Å². The van der Waals surface area contributed by atoms with Crippen LogP contribution in [0.4, 0.5) is 4.79 Å². The van der Waals surface area contributed by atoms with Gasteiger partial charge in [0.2, 0.25) is 15.6 Å². The second kappa shape index (κ2) is 13.4. The Balaban J connectivity index is 2.08. The molecule has 1 saturated heterocycles. The number of alkyl halides is 3. The predicted octanol–water partition coefficient (Wildman–Crippen LogP) is 5.25. The van der Waals surface area contributed by atoms with Gasteiger partial charge in [0.25, 0.3) is 0 Å². The molecule has 2 fully saturated rings. The molecule has 1 saturated carbocycles. The molecule has 3 unspecified atom stereocenters. The summed E-state index contributed by atoms with van der Waals surface area (Å²) in [6, 6.07) is -1.87. The molecule has 11 heteroatoms. The molecule has 8 nitrogen and oxygen atoms in total. The van der Waals surface area contributed by atoms with E-state index in [2.05, 4.69) is 10.6 Å². The van der Waals surface area contributed by atoms with Crippen LogP contribution in [-0.2, 0) is 19.1 Å². The quantitative estimate of drug-likeness (QED) is 0.308. The second-order valence-corrected chi connectivity index (χ2v) is 13.1. The number of amides is 3.